The number of Topliss-reactive ketones (excluding diaryl/α,β-unsaturated/α-hetero) is 1. The Labute approximate surface area is 345 Å². The number of fused-ring (bicyclic) bond motifs is 2. The Hall–Kier alpha value is -6.20. The van der Waals surface area contributed by atoms with E-state index in [4.69, 9.17) is 30.8 Å². The molecule has 1 aliphatic heterocycles. The highest BCUT2D eigenvalue weighted by atomic mass is 32.1. The van der Waals surface area contributed by atoms with Crippen LogP contribution >= 0.6 is 12.2 Å². The molecule has 3 aromatic rings. The van der Waals surface area contributed by atoms with Crippen molar-refractivity contribution in [3.8, 4) is 28.2 Å². The molecule has 1 heterocycles. The molecule has 0 bridgehead atoms. The number of ketones is 1. The van der Waals surface area contributed by atoms with Gasteiger partial charge in [0.15, 0.2) is 16.3 Å². The molecule has 310 valence electrons. The van der Waals surface area contributed by atoms with E-state index in [0.717, 1.165) is 0 Å². The number of hydrogen-bond acceptors (Lipinski definition) is 11. The molecule has 2 amide bonds. The van der Waals surface area contributed by atoms with Crippen LogP contribution in [0.1, 0.15) is 53.3 Å². The van der Waals surface area contributed by atoms with Crippen molar-refractivity contribution in [2.24, 2.45) is 0 Å². The van der Waals surface area contributed by atoms with E-state index in [-0.39, 0.29) is 52.9 Å². The van der Waals surface area contributed by atoms with Gasteiger partial charge in [0.05, 0.1) is 32.0 Å². The number of anilines is 2. The van der Waals surface area contributed by atoms with Gasteiger partial charge in [-0.2, -0.15) is 0 Å². The van der Waals surface area contributed by atoms with Crippen molar-refractivity contribution in [3.05, 3.63) is 100 Å². The zero-order valence-corrected chi connectivity index (χ0v) is 33.3. The van der Waals surface area contributed by atoms with Crippen LogP contribution in [0.3, 0.4) is 0 Å². The lowest BCUT2D eigenvalue weighted by Gasteiger charge is -2.18. The van der Waals surface area contributed by atoms with Crippen LogP contribution < -0.4 is 26.7 Å². The van der Waals surface area contributed by atoms with Crippen molar-refractivity contribution >= 4 is 63.2 Å². The number of amides is 2. The lowest BCUT2D eigenvalue weighted by atomic mass is 9.90. The average Bonchev–Trinajstić information content (AvgIpc) is 3.20. The predicted molar refractivity (Wildman–Crippen MR) is 226 cm³/mol. The Bertz CT molecular complexity index is 2310. The zero-order chi connectivity index (χ0) is 42.1. The average molecular weight is 827 g/mol. The Morgan fingerprint density at radius 2 is 1.37 bits per heavy atom. The number of hydrogen-bond donors (Lipinski definition) is 6. The van der Waals surface area contributed by atoms with E-state index in [1.54, 1.807) is 48.5 Å². The third-order valence-corrected chi connectivity index (χ3v) is 9.12. The van der Waals surface area contributed by atoms with Crippen LogP contribution in [-0.2, 0) is 23.8 Å². The van der Waals surface area contributed by atoms with Crippen molar-refractivity contribution < 1.29 is 48.0 Å². The maximum atomic E-state index is 12.5. The van der Waals surface area contributed by atoms with E-state index < -0.39 is 5.97 Å². The van der Waals surface area contributed by atoms with Crippen LogP contribution in [0.2, 0.25) is 0 Å². The first-order valence-corrected chi connectivity index (χ1v) is 19.4. The third kappa shape index (κ3) is 13.4. The minimum Gasteiger partial charge on any atom is -0.508 e. The van der Waals surface area contributed by atoms with Crippen molar-refractivity contribution in [1.29, 1.82) is 0 Å². The van der Waals surface area contributed by atoms with Gasteiger partial charge in [-0.15, -0.1) is 0 Å². The molecule has 0 radical (unpaired) electrons. The Morgan fingerprint density at radius 3 is 2.08 bits per heavy atom. The van der Waals surface area contributed by atoms with Gasteiger partial charge >= 0.3 is 5.97 Å². The van der Waals surface area contributed by atoms with Gasteiger partial charge in [-0.05, 0) is 86.1 Å². The van der Waals surface area contributed by atoms with Crippen LogP contribution in [0.15, 0.2) is 88.1 Å². The SMILES string of the molecule is CC(=O)c1cccc(NC(=O)CCC(=O)NCCCOCCOCCOCCCNC(=S)Nc2ccc(-c3c4ccc(=O)cc-4oc4cc(O)ccc34)c(C(=O)O)c2)c1. The first kappa shape index (κ1) is 43.9. The molecule has 0 aromatic heterocycles. The highest BCUT2D eigenvalue weighted by Gasteiger charge is 2.22. The molecule has 6 N–H and O–H groups in total. The number of ether oxygens (including phenoxy) is 3. The Balaban J connectivity index is 0.907. The number of carboxylic acids is 1. The van der Waals surface area contributed by atoms with Gasteiger partial charge in [-0.1, -0.05) is 18.2 Å². The molecule has 59 heavy (non-hydrogen) atoms. The quantitative estimate of drug-likeness (QED) is 0.0210. The van der Waals surface area contributed by atoms with Gasteiger partial charge in [0.2, 0.25) is 11.8 Å². The summed E-state index contributed by atoms with van der Waals surface area (Å²) in [4.78, 5) is 60.3. The molecule has 0 spiro atoms. The van der Waals surface area contributed by atoms with Crippen molar-refractivity contribution in [2.45, 2.75) is 32.6 Å². The summed E-state index contributed by atoms with van der Waals surface area (Å²) in [7, 11) is 0. The number of carbonyl (C=O) groups is 4. The van der Waals surface area contributed by atoms with Gasteiger partial charge in [-0.25, -0.2) is 4.79 Å². The number of phenols is 1. The van der Waals surface area contributed by atoms with E-state index in [1.807, 2.05) is 0 Å². The first-order valence-electron chi connectivity index (χ1n) is 19.0. The van der Waals surface area contributed by atoms with E-state index in [2.05, 4.69) is 21.3 Å². The standard InChI is InChI=1S/C43H46N4O11S/c1-27(48)28-5-2-6-29(23-28)46-40(52)14-13-39(51)44-15-3-17-55-19-21-57-22-20-56-18-4-16-45-43(59)47-30-7-10-33(36(24-30)42(53)54)41-34-11-8-31(49)25-37(34)58-38-26-32(50)9-12-35(38)41/h2,5-12,23-26,49H,3-4,13-22H2,1H3,(H,44,51)(H,46,52)(H,53,54)(H2,45,47,59). The fraction of sp³-hybridized carbons (Fsp3) is 0.302. The summed E-state index contributed by atoms with van der Waals surface area (Å²) in [5, 5.41) is 32.7. The maximum absolute atomic E-state index is 12.5. The summed E-state index contributed by atoms with van der Waals surface area (Å²) in [5.74, 6) is -1.57. The topological polar surface area (TPSA) is 215 Å². The number of carboxylic acid groups (broad SMARTS) is 1. The second-order valence-electron chi connectivity index (χ2n) is 13.3. The van der Waals surface area contributed by atoms with Gasteiger partial charge < -0.3 is 50.1 Å². The lowest BCUT2D eigenvalue weighted by molar-refractivity contribution is -0.124. The molecule has 2 aliphatic rings. The molecule has 0 atom stereocenters. The number of aromatic hydroxyl groups is 1. The van der Waals surface area contributed by atoms with Gasteiger partial charge in [0.25, 0.3) is 0 Å². The van der Waals surface area contributed by atoms with E-state index >= 15 is 0 Å². The molecule has 15 nitrogen and oxygen atoms in total. The van der Waals surface area contributed by atoms with Crippen LogP contribution in [0.4, 0.5) is 11.4 Å². The normalized spacial score (nSPS) is 11.0. The van der Waals surface area contributed by atoms with E-state index in [0.29, 0.717) is 115 Å². The number of rotatable bonds is 22. The monoisotopic (exact) mass is 826 g/mol. The summed E-state index contributed by atoms with van der Waals surface area (Å²) in [6.45, 7) is 4.90. The zero-order valence-electron chi connectivity index (χ0n) is 32.5. The predicted octanol–water partition coefficient (Wildman–Crippen LogP) is 5.82. The smallest absolute Gasteiger partial charge is 0.336 e. The number of aromatic carboxylic acids is 1. The molecule has 1 aliphatic carbocycles. The number of carbonyl (C=O) groups excluding carboxylic acids is 3. The molecule has 16 heteroatoms. The fourth-order valence-corrected chi connectivity index (χ4v) is 6.24. The second-order valence-corrected chi connectivity index (χ2v) is 13.7. The van der Waals surface area contributed by atoms with Crippen LogP contribution in [0.25, 0.3) is 33.4 Å². The van der Waals surface area contributed by atoms with E-state index in [9.17, 15) is 34.2 Å². The maximum Gasteiger partial charge on any atom is 0.336 e. The lowest BCUT2D eigenvalue weighted by Crippen LogP contribution is -2.30. The molecule has 3 aromatic carbocycles. The summed E-state index contributed by atoms with van der Waals surface area (Å²) >= 11 is 5.43. The fourth-order valence-electron chi connectivity index (χ4n) is 6.02. The summed E-state index contributed by atoms with van der Waals surface area (Å²) in [6.07, 6.45) is 1.35. The van der Waals surface area contributed by atoms with E-state index in [1.165, 1.54) is 37.3 Å². The molecule has 0 fully saturated rings. The van der Waals surface area contributed by atoms with Crippen LogP contribution in [0.5, 0.6) is 5.75 Å². The third-order valence-electron chi connectivity index (χ3n) is 8.87. The molecular weight excluding hydrogens is 781 g/mol. The van der Waals surface area contributed by atoms with Gasteiger partial charge in [-0.3, -0.25) is 19.2 Å². The van der Waals surface area contributed by atoms with Crippen molar-refractivity contribution in [1.82, 2.24) is 10.6 Å². The highest BCUT2D eigenvalue weighted by molar-refractivity contribution is 7.80. The van der Waals surface area contributed by atoms with Crippen LogP contribution in [0, 0.1) is 0 Å². The number of phenolic OH excluding ortho intramolecular Hbond substituents is 1. The summed E-state index contributed by atoms with van der Waals surface area (Å²) < 4.78 is 22.6. The molecular formula is C43H46N4O11S. The minimum absolute atomic E-state index is 0.00199. The Kier molecular flexibility index (Phi) is 16.4. The second kappa shape index (κ2) is 22.1. The highest BCUT2D eigenvalue weighted by Crippen LogP contribution is 2.42. The molecule has 0 saturated carbocycles. The van der Waals surface area contributed by atoms with Crippen molar-refractivity contribution in [3.63, 3.8) is 0 Å². The molecule has 0 saturated heterocycles. The summed E-state index contributed by atoms with van der Waals surface area (Å²) in [6, 6.07) is 20.4. The minimum atomic E-state index is -1.16. The number of benzene rings is 4. The van der Waals surface area contributed by atoms with Crippen LogP contribution in [-0.4, -0.2) is 91.6 Å². The largest absolute Gasteiger partial charge is 0.508 e. The number of thiocarbonyl (C=S) groups is 1. The first-order chi connectivity index (χ1) is 28.5. The number of nitrogens with one attached hydrogen (secondary N) is 4. The Morgan fingerprint density at radius 1 is 0.712 bits per heavy atom. The molecule has 0 unspecified atom stereocenters. The van der Waals surface area contributed by atoms with Crippen molar-refractivity contribution in [2.75, 3.05) is 63.4 Å². The van der Waals surface area contributed by atoms with Gasteiger partial charge in [0.1, 0.15) is 17.1 Å². The van der Waals surface area contributed by atoms with Gasteiger partial charge in [0, 0.05) is 84.7 Å². The molecule has 5 rings (SSSR count). The summed E-state index contributed by atoms with van der Waals surface area (Å²) in [5.41, 5.74) is 3.01.